The molecule has 2 heterocycles. The second-order valence-corrected chi connectivity index (χ2v) is 7.34. The summed E-state index contributed by atoms with van der Waals surface area (Å²) in [6.07, 6.45) is 0.949. The molecule has 0 unspecified atom stereocenters. The number of carbonyl (C=O) groups excluding carboxylic acids is 2. The first-order chi connectivity index (χ1) is 13.2. The first-order valence-electron chi connectivity index (χ1n) is 8.84. The van der Waals surface area contributed by atoms with E-state index in [1.54, 1.807) is 16.2 Å². The Morgan fingerprint density at radius 3 is 2.89 bits per heavy atom. The Balaban J connectivity index is 1.28. The summed E-state index contributed by atoms with van der Waals surface area (Å²) >= 11 is 1.65. The van der Waals surface area contributed by atoms with Gasteiger partial charge in [0.05, 0.1) is 20.9 Å². The van der Waals surface area contributed by atoms with Gasteiger partial charge in [-0.25, -0.2) is 4.98 Å². The minimum atomic E-state index is -0.129. The molecule has 4 rings (SSSR count). The molecule has 1 aliphatic heterocycles. The van der Waals surface area contributed by atoms with Crippen LogP contribution in [-0.2, 0) is 16.0 Å². The molecule has 1 N–H and O–H groups in total. The van der Waals surface area contributed by atoms with E-state index in [0.29, 0.717) is 25.3 Å². The molecular formula is C20H19N3O3S. The minimum absolute atomic E-state index is 0.0102. The van der Waals surface area contributed by atoms with Crippen molar-refractivity contribution < 1.29 is 14.3 Å². The van der Waals surface area contributed by atoms with E-state index in [2.05, 4.69) is 10.3 Å². The molecule has 0 aliphatic carbocycles. The highest BCUT2D eigenvalue weighted by atomic mass is 32.1. The molecule has 2 amide bonds. The molecule has 27 heavy (non-hydrogen) atoms. The molecule has 0 atom stereocenters. The number of nitrogens with one attached hydrogen (secondary N) is 1. The van der Waals surface area contributed by atoms with E-state index in [1.165, 1.54) is 0 Å². The van der Waals surface area contributed by atoms with E-state index in [1.807, 2.05) is 48.5 Å². The number of rotatable bonds is 6. The average molecular weight is 381 g/mol. The van der Waals surface area contributed by atoms with Crippen LogP contribution in [0.5, 0.6) is 5.75 Å². The molecule has 0 saturated heterocycles. The van der Waals surface area contributed by atoms with Gasteiger partial charge in [-0.3, -0.25) is 9.59 Å². The molecule has 1 aliphatic rings. The molecule has 2 aromatic carbocycles. The van der Waals surface area contributed by atoms with Crippen LogP contribution in [-0.4, -0.2) is 36.5 Å². The van der Waals surface area contributed by atoms with Crippen molar-refractivity contribution in [1.29, 1.82) is 0 Å². The second-order valence-electron chi connectivity index (χ2n) is 6.23. The Hall–Kier alpha value is -2.93. The lowest BCUT2D eigenvalue weighted by Gasteiger charge is -2.29. The summed E-state index contributed by atoms with van der Waals surface area (Å²) in [5, 5.41) is 3.92. The summed E-state index contributed by atoms with van der Waals surface area (Å²) in [5.74, 6) is 0.470. The fraction of sp³-hybridized carbons (Fsp3) is 0.250. The molecule has 138 valence electrons. The molecule has 0 radical (unpaired) electrons. The lowest BCUT2D eigenvalue weighted by molar-refractivity contribution is -0.122. The van der Waals surface area contributed by atoms with Gasteiger partial charge in [-0.05, 0) is 24.3 Å². The van der Waals surface area contributed by atoms with Crippen LogP contribution in [0.2, 0.25) is 0 Å². The van der Waals surface area contributed by atoms with Crippen molar-refractivity contribution in [2.24, 2.45) is 0 Å². The average Bonchev–Trinajstić information content (AvgIpc) is 3.10. The highest BCUT2D eigenvalue weighted by molar-refractivity contribution is 7.18. The number of fused-ring (bicyclic) bond motifs is 2. The maximum atomic E-state index is 12.2. The van der Waals surface area contributed by atoms with Crippen molar-refractivity contribution in [3.05, 3.63) is 53.5 Å². The van der Waals surface area contributed by atoms with Gasteiger partial charge in [0.15, 0.2) is 6.61 Å². The molecule has 3 aromatic rings. The monoisotopic (exact) mass is 381 g/mol. The molecule has 0 bridgehead atoms. The third-order valence-corrected chi connectivity index (χ3v) is 5.47. The van der Waals surface area contributed by atoms with Crippen LogP contribution in [0.3, 0.4) is 0 Å². The molecule has 1 aromatic heterocycles. The van der Waals surface area contributed by atoms with Gasteiger partial charge in [0.1, 0.15) is 5.75 Å². The van der Waals surface area contributed by atoms with Crippen LogP contribution in [0.1, 0.15) is 11.4 Å². The number of aromatic nitrogens is 1. The maximum absolute atomic E-state index is 12.2. The Morgan fingerprint density at radius 2 is 2.00 bits per heavy atom. The normalized spacial score (nSPS) is 13.3. The quantitative estimate of drug-likeness (QED) is 0.713. The fourth-order valence-electron chi connectivity index (χ4n) is 3.04. The number of thiazole rings is 1. The van der Waals surface area contributed by atoms with Crippen molar-refractivity contribution in [1.82, 2.24) is 10.3 Å². The number of anilines is 1. The summed E-state index contributed by atoms with van der Waals surface area (Å²) in [4.78, 5) is 30.5. The van der Waals surface area contributed by atoms with Gasteiger partial charge in [0, 0.05) is 25.9 Å². The van der Waals surface area contributed by atoms with Crippen LogP contribution < -0.4 is 15.0 Å². The van der Waals surface area contributed by atoms with Gasteiger partial charge in [0.25, 0.3) is 5.91 Å². The van der Waals surface area contributed by atoms with Gasteiger partial charge in [-0.2, -0.15) is 0 Å². The molecule has 0 spiro atoms. The Labute approximate surface area is 160 Å². The number of amides is 2. The van der Waals surface area contributed by atoms with E-state index >= 15 is 0 Å². The number of ether oxygens (including phenoxy) is 1. The first kappa shape index (κ1) is 17.5. The van der Waals surface area contributed by atoms with Gasteiger partial charge < -0.3 is 15.0 Å². The van der Waals surface area contributed by atoms with Crippen molar-refractivity contribution in [3.8, 4) is 5.75 Å². The number of para-hydroxylation sites is 3. The Morgan fingerprint density at radius 1 is 1.19 bits per heavy atom. The number of nitrogens with zero attached hydrogens (tertiary/aromatic N) is 2. The summed E-state index contributed by atoms with van der Waals surface area (Å²) in [6, 6.07) is 15.4. The molecule has 7 heteroatoms. The topological polar surface area (TPSA) is 71.5 Å². The first-order valence-corrected chi connectivity index (χ1v) is 9.66. The second kappa shape index (κ2) is 7.75. The number of hydrogen-bond acceptors (Lipinski definition) is 5. The van der Waals surface area contributed by atoms with Crippen molar-refractivity contribution >= 4 is 39.1 Å². The minimum Gasteiger partial charge on any atom is -0.482 e. The van der Waals surface area contributed by atoms with Gasteiger partial charge >= 0.3 is 0 Å². The van der Waals surface area contributed by atoms with Crippen LogP contribution >= 0.6 is 11.3 Å². The third kappa shape index (κ3) is 3.93. The predicted octanol–water partition coefficient (Wildman–Crippen LogP) is 2.77. The number of carbonyl (C=O) groups is 2. The smallest absolute Gasteiger partial charge is 0.265 e. The van der Waals surface area contributed by atoms with E-state index in [9.17, 15) is 9.59 Å². The Bertz CT molecular complexity index is 952. The number of hydrogen-bond donors (Lipinski definition) is 1. The van der Waals surface area contributed by atoms with E-state index in [0.717, 1.165) is 20.9 Å². The fourth-order valence-corrected chi connectivity index (χ4v) is 4.00. The van der Waals surface area contributed by atoms with Gasteiger partial charge in [0.2, 0.25) is 5.91 Å². The number of benzene rings is 2. The van der Waals surface area contributed by atoms with Gasteiger partial charge in [-0.1, -0.05) is 24.3 Å². The van der Waals surface area contributed by atoms with E-state index in [-0.39, 0.29) is 24.8 Å². The van der Waals surface area contributed by atoms with Crippen molar-refractivity contribution in [3.63, 3.8) is 0 Å². The zero-order valence-electron chi connectivity index (χ0n) is 14.7. The zero-order valence-corrected chi connectivity index (χ0v) is 15.5. The standard InChI is InChI=1S/C20H19N3O3S/c24-18(21-11-9-19-22-14-5-1-4-8-17(14)27-19)10-12-23-15-6-2-3-7-16(15)26-13-20(23)25/h1-8H,9-13H2,(H,21,24). The van der Waals surface area contributed by atoms with Crippen molar-refractivity contribution in [2.75, 3.05) is 24.6 Å². The molecular weight excluding hydrogens is 362 g/mol. The van der Waals surface area contributed by atoms with E-state index < -0.39 is 0 Å². The van der Waals surface area contributed by atoms with Crippen molar-refractivity contribution in [2.45, 2.75) is 12.8 Å². The molecule has 6 nitrogen and oxygen atoms in total. The van der Waals surface area contributed by atoms with Crippen LogP contribution in [0.25, 0.3) is 10.2 Å². The largest absolute Gasteiger partial charge is 0.482 e. The summed E-state index contributed by atoms with van der Waals surface area (Å²) < 4.78 is 6.57. The highest BCUT2D eigenvalue weighted by Gasteiger charge is 2.25. The molecule has 0 saturated carbocycles. The van der Waals surface area contributed by atoms with Gasteiger partial charge in [-0.15, -0.1) is 11.3 Å². The third-order valence-electron chi connectivity index (χ3n) is 4.37. The lowest BCUT2D eigenvalue weighted by Crippen LogP contribution is -2.41. The predicted molar refractivity (Wildman–Crippen MR) is 105 cm³/mol. The lowest BCUT2D eigenvalue weighted by atomic mass is 10.2. The van der Waals surface area contributed by atoms with Crippen LogP contribution in [0, 0.1) is 0 Å². The van der Waals surface area contributed by atoms with Crippen LogP contribution in [0.15, 0.2) is 48.5 Å². The molecule has 0 fully saturated rings. The summed E-state index contributed by atoms with van der Waals surface area (Å²) in [6.45, 7) is 0.884. The zero-order chi connectivity index (χ0) is 18.6. The maximum Gasteiger partial charge on any atom is 0.265 e. The van der Waals surface area contributed by atoms with E-state index in [4.69, 9.17) is 4.74 Å². The SMILES string of the molecule is O=C(CCN1C(=O)COc2ccccc21)NCCc1nc2ccccc2s1. The summed E-state index contributed by atoms with van der Waals surface area (Å²) in [7, 11) is 0. The van der Waals surface area contributed by atoms with Crippen LogP contribution in [0.4, 0.5) is 5.69 Å². The summed E-state index contributed by atoms with van der Waals surface area (Å²) in [5.41, 5.74) is 1.71. The highest BCUT2D eigenvalue weighted by Crippen LogP contribution is 2.31. The Kier molecular flexibility index (Phi) is 5.02.